The molecule has 0 aliphatic rings. The van der Waals surface area contributed by atoms with E-state index in [2.05, 4.69) is 16.9 Å². The molecule has 0 saturated heterocycles. The molecule has 0 atom stereocenters. The number of rotatable bonds is 7. The molecule has 19 heavy (non-hydrogen) atoms. The maximum atomic E-state index is 11.1. The normalized spacial score (nSPS) is 10.8. The van der Waals surface area contributed by atoms with Crippen LogP contribution in [-0.4, -0.2) is 27.5 Å². The summed E-state index contributed by atoms with van der Waals surface area (Å²) in [6.07, 6.45) is 4.40. The van der Waals surface area contributed by atoms with Crippen LogP contribution in [0.2, 0.25) is 5.15 Å². The van der Waals surface area contributed by atoms with E-state index in [1.54, 1.807) is 0 Å². The number of nitro groups is 1. The minimum absolute atomic E-state index is 0.113. The van der Waals surface area contributed by atoms with Crippen LogP contribution in [0.4, 0.5) is 11.5 Å². The molecule has 1 rings (SSSR count). The third-order valence-electron chi connectivity index (χ3n) is 2.84. The Morgan fingerprint density at radius 2 is 2.11 bits per heavy atom. The van der Waals surface area contributed by atoms with E-state index in [1.165, 1.54) is 6.33 Å². The molecule has 0 amide bonds. The van der Waals surface area contributed by atoms with Gasteiger partial charge in [-0.2, -0.15) is 0 Å². The Morgan fingerprint density at radius 1 is 1.42 bits per heavy atom. The van der Waals surface area contributed by atoms with Gasteiger partial charge < -0.3 is 4.90 Å². The first-order valence-corrected chi connectivity index (χ1v) is 6.78. The Balaban J connectivity index is 3.08. The Hall–Kier alpha value is -1.43. The van der Waals surface area contributed by atoms with Crippen LogP contribution in [0.15, 0.2) is 6.33 Å². The average molecular weight is 287 g/mol. The summed E-state index contributed by atoms with van der Waals surface area (Å²) < 4.78 is 0. The third kappa shape index (κ3) is 4.02. The molecule has 0 bridgehead atoms. The van der Waals surface area contributed by atoms with Crippen molar-refractivity contribution in [1.82, 2.24) is 9.97 Å². The van der Waals surface area contributed by atoms with Gasteiger partial charge in [0, 0.05) is 12.6 Å². The van der Waals surface area contributed by atoms with E-state index in [1.807, 2.05) is 18.7 Å². The first-order valence-electron chi connectivity index (χ1n) is 6.40. The lowest BCUT2D eigenvalue weighted by molar-refractivity contribution is -0.384. The summed E-state index contributed by atoms with van der Waals surface area (Å²) in [5.41, 5.74) is -0.214. The van der Waals surface area contributed by atoms with Gasteiger partial charge in [-0.15, -0.1) is 0 Å². The minimum atomic E-state index is -0.521. The molecule has 0 aliphatic carbocycles. The molecule has 0 aromatic carbocycles. The largest absolute Gasteiger partial charge is 0.348 e. The molecule has 1 aromatic heterocycles. The summed E-state index contributed by atoms with van der Waals surface area (Å²) in [4.78, 5) is 20.2. The monoisotopic (exact) mass is 286 g/mol. The Bertz CT molecular complexity index is 440. The second kappa shape index (κ2) is 7.23. The maximum Gasteiger partial charge on any atom is 0.348 e. The Morgan fingerprint density at radius 3 is 2.63 bits per heavy atom. The molecule has 7 heteroatoms. The van der Waals surface area contributed by atoms with Gasteiger partial charge in [-0.1, -0.05) is 31.4 Å². The fourth-order valence-corrected chi connectivity index (χ4v) is 2.05. The van der Waals surface area contributed by atoms with Crippen LogP contribution < -0.4 is 4.90 Å². The molecule has 0 N–H and O–H groups in total. The molecular formula is C12H19ClN4O2. The number of halogens is 1. The highest BCUT2D eigenvalue weighted by molar-refractivity contribution is 6.31. The number of aromatic nitrogens is 2. The third-order valence-corrected chi connectivity index (χ3v) is 3.12. The molecule has 1 aromatic rings. The Kier molecular flexibility index (Phi) is 5.95. The highest BCUT2D eigenvalue weighted by atomic mass is 35.5. The molecule has 6 nitrogen and oxygen atoms in total. The number of nitrogens with zero attached hydrogens (tertiary/aromatic N) is 4. The minimum Gasteiger partial charge on any atom is -0.348 e. The van der Waals surface area contributed by atoms with Crippen molar-refractivity contribution in [1.29, 1.82) is 0 Å². The van der Waals surface area contributed by atoms with Crippen molar-refractivity contribution in [3.8, 4) is 0 Å². The molecule has 1 heterocycles. The first kappa shape index (κ1) is 15.6. The van der Waals surface area contributed by atoms with Crippen molar-refractivity contribution in [2.24, 2.45) is 0 Å². The zero-order valence-corrected chi connectivity index (χ0v) is 12.2. The van der Waals surface area contributed by atoms with Crippen LogP contribution in [0.1, 0.15) is 40.0 Å². The quantitative estimate of drug-likeness (QED) is 0.332. The van der Waals surface area contributed by atoms with Gasteiger partial charge >= 0.3 is 5.69 Å². The zero-order valence-electron chi connectivity index (χ0n) is 11.5. The predicted octanol–water partition coefficient (Wildman–Crippen LogP) is 3.44. The number of hydrogen-bond acceptors (Lipinski definition) is 5. The topological polar surface area (TPSA) is 72.2 Å². The van der Waals surface area contributed by atoms with Crippen LogP contribution in [0, 0.1) is 10.1 Å². The first-order chi connectivity index (χ1) is 8.99. The van der Waals surface area contributed by atoms with E-state index in [4.69, 9.17) is 11.6 Å². The highest BCUT2D eigenvalue weighted by Gasteiger charge is 2.27. The van der Waals surface area contributed by atoms with Gasteiger partial charge in [0.2, 0.25) is 11.0 Å². The summed E-state index contributed by atoms with van der Waals surface area (Å²) in [6.45, 7) is 6.79. The van der Waals surface area contributed by atoms with Gasteiger partial charge in [0.15, 0.2) is 0 Å². The molecule has 0 fully saturated rings. The van der Waals surface area contributed by atoms with Gasteiger partial charge in [0.25, 0.3) is 0 Å². The van der Waals surface area contributed by atoms with Crippen molar-refractivity contribution in [2.75, 3.05) is 11.4 Å². The van der Waals surface area contributed by atoms with E-state index in [0.717, 1.165) is 25.8 Å². The number of hydrogen-bond donors (Lipinski definition) is 0. The summed E-state index contributed by atoms with van der Waals surface area (Å²) in [6, 6.07) is 0.113. The second-order valence-electron chi connectivity index (χ2n) is 4.59. The van der Waals surface area contributed by atoms with Gasteiger partial charge in [0.05, 0.1) is 4.92 Å². The summed E-state index contributed by atoms with van der Waals surface area (Å²) in [7, 11) is 0. The van der Waals surface area contributed by atoms with Crippen molar-refractivity contribution >= 4 is 23.1 Å². The SMILES string of the molecule is CCCCCN(c1ncnc(Cl)c1[N+](=O)[O-])C(C)C. The Labute approximate surface area is 118 Å². The molecular weight excluding hydrogens is 268 g/mol. The van der Waals surface area contributed by atoms with Crippen molar-refractivity contribution in [3.63, 3.8) is 0 Å². The van der Waals surface area contributed by atoms with Gasteiger partial charge in [0.1, 0.15) is 6.33 Å². The van der Waals surface area contributed by atoms with Crippen molar-refractivity contribution in [2.45, 2.75) is 46.1 Å². The highest BCUT2D eigenvalue weighted by Crippen LogP contribution is 2.32. The van der Waals surface area contributed by atoms with Crippen LogP contribution in [0.5, 0.6) is 0 Å². The lowest BCUT2D eigenvalue weighted by atomic mass is 10.2. The smallest absolute Gasteiger partial charge is 0.348 e. The van der Waals surface area contributed by atoms with Gasteiger partial charge in [-0.3, -0.25) is 10.1 Å². The average Bonchev–Trinajstić information content (AvgIpc) is 2.33. The molecule has 106 valence electrons. The van der Waals surface area contributed by atoms with E-state index >= 15 is 0 Å². The van der Waals surface area contributed by atoms with Gasteiger partial charge in [-0.25, -0.2) is 9.97 Å². The molecule has 0 saturated carbocycles. The van der Waals surface area contributed by atoms with Crippen molar-refractivity contribution in [3.05, 3.63) is 21.6 Å². The van der Waals surface area contributed by atoms with Crippen LogP contribution in [0.25, 0.3) is 0 Å². The van der Waals surface area contributed by atoms with E-state index in [9.17, 15) is 10.1 Å². The van der Waals surface area contributed by atoms with E-state index in [-0.39, 0.29) is 16.9 Å². The molecule has 0 unspecified atom stereocenters. The predicted molar refractivity (Wildman–Crippen MR) is 75.7 cm³/mol. The van der Waals surface area contributed by atoms with E-state index in [0.29, 0.717) is 5.82 Å². The summed E-state index contributed by atoms with van der Waals surface area (Å²) >= 11 is 5.82. The molecule has 0 aliphatic heterocycles. The molecule has 0 radical (unpaired) electrons. The second-order valence-corrected chi connectivity index (χ2v) is 4.95. The lowest BCUT2D eigenvalue weighted by Crippen LogP contribution is -2.33. The van der Waals surface area contributed by atoms with Gasteiger partial charge in [-0.05, 0) is 20.3 Å². The lowest BCUT2D eigenvalue weighted by Gasteiger charge is -2.27. The van der Waals surface area contributed by atoms with Crippen LogP contribution in [0.3, 0.4) is 0 Å². The maximum absolute atomic E-state index is 11.1. The molecule has 0 spiro atoms. The number of anilines is 1. The fraction of sp³-hybridized carbons (Fsp3) is 0.667. The fourth-order valence-electron chi connectivity index (χ4n) is 1.86. The summed E-state index contributed by atoms with van der Waals surface area (Å²) in [5, 5.41) is 11.0. The standard InChI is InChI=1S/C12H19ClN4O2/c1-4-5-6-7-16(9(2)3)12-10(17(18)19)11(13)14-8-15-12/h8-9H,4-7H2,1-3H3. The van der Waals surface area contributed by atoms with E-state index < -0.39 is 4.92 Å². The van der Waals surface area contributed by atoms with Crippen LogP contribution in [-0.2, 0) is 0 Å². The summed E-state index contributed by atoms with van der Waals surface area (Å²) in [5.74, 6) is 0.302. The zero-order chi connectivity index (χ0) is 14.4. The number of unbranched alkanes of at least 4 members (excludes halogenated alkanes) is 2. The van der Waals surface area contributed by atoms with Crippen molar-refractivity contribution < 1.29 is 4.92 Å². The van der Waals surface area contributed by atoms with Crippen LogP contribution >= 0.6 is 11.6 Å².